The average Bonchev–Trinajstić information content (AvgIpc) is 3.30. The zero-order valence-electron chi connectivity index (χ0n) is 15.2. The van der Waals surface area contributed by atoms with E-state index in [2.05, 4.69) is 27.6 Å². The Kier molecular flexibility index (Phi) is 5.29. The summed E-state index contributed by atoms with van der Waals surface area (Å²) in [7, 11) is 0. The zero-order valence-corrected chi connectivity index (χ0v) is 16.0. The fraction of sp³-hybridized carbons (Fsp3) is 0.350. The quantitative estimate of drug-likeness (QED) is 0.604. The van der Waals surface area contributed by atoms with Gasteiger partial charge >= 0.3 is 0 Å². The first-order valence-electron chi connectivity index (χ1n) is 9.12. The number of aryl methyl sites for hydroxylation is 1. The van der Waals surface area contributed by atoms with Gasteiger partial charge in [0, 0.05) is 6.54 Å². The van der Waals surface area contributed by atoms with Crippen LogP contribution in [-0.2, 0) is 11.3 Å². The third-order valence-corrected chi connectivity index (χ3v) is 5.58. The molecule has 1 amide bonds. The van der Waals surface area contributed by atoms with Crippen molar-refractivity contribution in [3.05, 3.63) is 54.0 Å². The summed E-state index contributed by atoms with van der Waals surface area (Å²) in [5, 5.41) is 12.4. The maximum atomic E-state index is 12.1. The molecule has 3 aromatic rings. The van der Waals surface area contributed by atoms with E-state index in [1.54, 1.807) is 6.26 Å². The summed E-state index contributed by atoms with van der Waals surface area (Å²) in [4.78, 5) is 12.1. The third kappa shape index (κ3) is 4.42. The van der Waals surface area contributed by atoms with Crippen LogP contribution in [-0.4, -0.2) is 33.0 Å². The van der Waals surface area contributed by atoms with E-state index in [1.165, 1.54) is 24.6 Å². The Morgan fingerprint density at radius 2 is 2.07 bits per heavy atom. The number of thioether (sulfide) groups is 1. The maximum Gasteiger partial charge on any atom is 0.230 e. The molecular weight excluding hydrogens is 360 g/mol. The molecule has 0 unspecified atom stereocenters. The fourth-order valence-corrected chi connectivity index (χ4v) is 3.65. The van der Waals surface area contributed by atoms with Crippen LogP contribution in [0.25, 0.3) is 11.4 Å². The standard InChI is InChI=1S/C20H22N4O2S/c1-14-17(9-10-26-14)19-22-23-20(24(19)12-16-5-3-2-4-6-16)27-13-18(25)21-11-15-7-8-15/h2-6,9-10,15H,7-8,11-13H2,1H3,(H,21,25). The highest BCUT2D eigenvalue weighted by molar-refractivity contribution is 7.99. The smallest absolute Gasteiger partial charge is 0.230 e. The van der Waals surface area contributed by atoms with Gasteiger partial charge in [0.05, 0.1) is 24.1 Å². The topological polar surface area (TPSA) is 72.9 Å². The number of carbonyl (C=O) groups excluding carboxylic acids is 1. The van der Waals surface area contributed by atoms with Crippen LogP contribution in [0, 0.1) is 12.8 Å². The number of hydrogen-bond donors (Lipinski definition) is 1. The second kappa shape index (κ2) is 8.00. The van der Waals surface area contributed by atoms with Crippen molar-refractivity contribution in [1.29, 1.82) is 0 Å². The molecule has 1 saturated carbocycles. The van der Waals surface area contributed by atoms with Gasteiger partial charge in [0.25, 0.3) is 0 Å². The Hall–Kier alpha value is -2.54. The van der Waals surface area contributed by atoms with E-state index in [4.69, 9.17) is 4.42 Å². The first kappa shape index (κ1) is 17.9. The Morgan fingerprint density at radius 1 is 1.26 bits per heavy atom. The van der Waals surface area contributed by atoms with Crippen LogP contribution >= 0.6 is 11.8 Å². The summed E-state index contributed by atoms with van der Waals surface area (Å²) in [5.41, 5.74) is 2.07. The molecule has 7 heteroatoms. The molecule has 2 aromatic heterocycles. The van der Waals surface area contributed by atoms with Crippen LogP contribution in [0.3, 0.4) is 0 Å². The highest BCUT2D eigenvalue weighted by Gasteiger charge is 2.22. The molecule has 1 N–H and O–H groups in total. The number of nitrogens with one attached hydrogen (secondary N) is 1. The molecule has 1 aliphatic carbocycles. The monoisotopic (exact) mass is 382 g/mol. The van der Waals surface area contributed by atoms with Crippen LogP contribution in [0.5, 0.6) is 0 Å². The lowest BCUT2D eigenvalue weighted by Crippen LogP contribution is -2.27. The van der Waals surface area contributed by atoms with Gasteiger partial charge in [0.1, 0.15) is 5.76 Å². The van der Waals surface area contributed by atoms with Gasteiger partial charge < -0.3 is 9.73 Å². The van der Waals surface area contributed by atoms with Crippen molar-refractivity contribution in [1.82, 2.24) is 20.1 Å². The van der Waals surface area contributed by atoms with Crippen molar-refractivity contribution in [3.63, 3.8) is 0 Å². The average molecular weight is 382 g/mol. The van der Waals surface area contributed by atoms with Gasteiger partial charge in [-0.25, -0.2) is 0 Å². The largest absolute Gasteiger partial charge is 0.469 e. The highest BCUT2D eigenvalue weighted by atomic mass is 32.2. The van der Waals surface area contributed by atoms with E-state index < -0.39 is 0 Å². The number of nitrogens with zero attached hydrogens (tertiary/aromatic N) is 3. The first-order valence-corrected chi connectivity index (χ1v) is 10.1. The summed E-state index contributed by atoms with van der Waals surface area (Å²) < 4.78 is 7.49. The Bertz CT molecular complexity index is 915. The molecule has 0 radical (unpaired) electrons. The van der Waals surface area contributed by atoms with Crippen molar-refractivity contribution in [3.8, 4) is 11.4 Å². The van der Waals surface area contributed by atoms with E-state index in [1.807, 2.05) is 35.8 Å². The van der Waals surface area contributed by atoms with Gasteiger partial charge in [0.2, 0.25) is 5.91 Å². The number of benzene rings is 1. The van der Waals surface area contributed by atoms with Gasteiger partial charge in [-0.1, -0.05) is 42.1 Å². The number of carbonyl (C=O) groups is 1. The van der Waals surface area contributed by atoms with E-state index in [9.17, 15) is 4.79 Å². The molecular formula is C20H22N4O2S. The summed E-state index contributed by atoms with van der Waals surface area (Å²) in [6.45, 7) is 3.34. The van der Waals surface area contributed by atoms with Crippen LogP contribution < -0.4 is 5.32 Å². The molecule has 2 heterocycles. The molecule has 0 atom stereocenters. The fourth-order valence-electron chi connectivity index (χ4n) is 2.88. The van der Waals surface area contributed by atoms with Crippen molar-refractivity contribution >= 4 is 17.7 Å². The van der Waals surface area contributed by atoms with Gasteiger partial charge in [-0.05, 0) is 37.3 Å². The van der Waals surface area contributed by atoms with Gasteiger partial charge in [0.15, 0.2) is 11.0 Å². The minimum Gasteiger partial charge on any atom is -0.469 e. The molecule has 1 aliphatic rings. The molecule has 1 fully saturated rings. The van der Waals surface area contributed by atoms with Gasteiger partial charge in [-0.2, -0.15) is 0 Å². The second-order valence-corrected chi connectivity index (χ2v) is 7.75. The number of amides is 1. The van der Waals surface area contributed by atoms with Crippen LogP contribution in [0.1, 0.15) is 24.2 Å². The van der Waals surface area contributed by atoms with E-state index in [0.29, 0.717) is 18.2 Å². The molecule has 0 saturated heterocycles. The predicted molar refractivity (Wildman–Crippen MR) is 104 cm³/mol. The number of hydrogen-bond acceptors (Lipinski definition) is 5. The zero-order chi connectivity index (χ0) is 18.6. The SMILES string of the molecule is Cc1occc1-c1nnc(SCC(=O)NCC2CC2)n1Cc1ccccc1. The summed E-state index contributed by atoms with van der Waals surface area (Å²) in [6, 6.07) is 12.1. The van der Waals surface area contributed by atoms with Crippen molar-refractivity contribution in [2.24, 2.45) is 5.92 Å². The lowest BCUT2D eigenvalue weighted by Gasteiger charge is -2.10. The Morgan fingerprint density at radius 3 is 2.78 bits per heavy atom. The number of rotatable bonds is 8. The summed E-state index contributed by atoms with van der Waals surface area (Å²) in [6.07, 6.45) is 4.11. The minimum atomic E-state index is 0.0437. The molecule has 6 nitrogen and oxygen atoms in total. The highest BCUT2D eigenvalue weighted by Crippen LogP contribution is 2.29. The number of furan rings is 1. The molecule has 4 rings (SSSR count). The van der Waals surface area contributed by atoms with Crippen LogP contribution in [0.4, 0.5) is 0 Å². The van der Waals surface area contributed by atoms with Crippen LogP contribution in [0.15, 0.2) is 52.2 Å². The first-order chi connectivity index (χ1) is 13.2. The van der Waals surface area contributed by atoms with Crippen molar-refractivity contribution in [2.45, 2.75) is 31.5 Å². The summed E-state index contributed by atoms with van der Waals surface area (Å²) >= 11 is 1.42. The normalized spacial score (nSPS) is 13.7. The molecule has 0 spiro atoms. The molecule has 27 heavy (non-hydrogen) atoms. The Labute approximate surface area is 162 Å². The molecule has 0 bridgehead atoms. The Balaban J connectivity index is 1.53. The predicted octanol–water partition coefficient (Wildman–Crippen LogP) is 3.51. The van der Waals surface area contributed by atoms with Crippen molar-refractivity contribution in [2.75, 3.05) is 12.3 Å². The third-order valence-electron chi connectivity index (χ3n) is 4.62. The second-order valence-electron chi connectivity index (χ2n) is 6.80. The van der Waals surface area contributed by atoms with Crippen molar-refractivity contribution < 1.29 is 9.21 Å². The number of aromatic nitrogens is 3. The maximum absolute atomic E-state index is 12.1. The van der Waals surface area contributed by atoms with E-state index in [-0.39, 0.29) is 5.91 Å². The van der Waals surface area contributed by atoms with E-state index in [0.717, 1.165) is 34.4 Å². The van der Waals surface area contributed by atoms with Crippen LogP contribution in [0.2, 0.25) is 0 Å². The molecule has 0 aliphatic heterocycles. The van der Waals surface area contributed by atoms with Gasteiger partial charge in [-0.15, -0.1) is 10.2 Å². The minimum absolute atomic E-state index is 0.0437. The van der Waals surface area contributed by atoms with E-state index >= 15 is 0 Å². The van der Waals surface area contributed by atoms with Gasteiger partial charge in [-0.3, -0.25) is 9.36 Å². The molecule has 1 aromatic carbocycles. The lowest BCUT2D eigenvalue weighted by molar-refractivity contribution is -0.118. The molecule has 140 valence electrons. The summed E-state index contributed by atoms with van der Waals surface area (Å²) in [5.74, 6) is 2.62. The lowest BCUT2D eigenvalue weighted by atomic mass is 10.2.